The molecule has 0 saturated heterocycles. The number of esters is 1. The first-order chi connectivity index (χ1) is 9.29. The number of fused-ring (bicyclic) bond motifs is 1. The second kappa shape index (κ2) is 5.03. The van der Waals surface area contributed by atoms with Crippen molar-refractivity contribution >= 4 is 17.0 Å². The predicted molar refractivity (Wildman–Crippen MR) is 72.8 cm³/mol. The van der Waals surface area contributed by atoms with E-state index in [1.807, 2.05) is 24.3 Å². The van der Waals surface area contributed by atoms with Gasteiger partial charge in [0.2, 0.25) is 0 Å². The van der Waals surface area contributed by atoms with E-state index in [1.54, 1.807) is 0 Å². The molecule has 4 nitrogen and oxygen atoms in total. The molecule has 0 bridgehead atoms. The summed E-state index contributed by atoms with van der Waals surface area (Å²) in [5, 5.41) is 0. The fourth-order valence-corrected chi connectivity index (χ4v) is 3.06. The Morgan fingerprint density at radius 3 is 2.79 bits per heavy atom. The molecule has 2 aromatic rings. The van der Waals surface area contributed by atoms with Crippen molar-refractivity contribution < 1.29 is 9.53 Å². The van der Waals surface area contributed by atoms with Crippen LogP contribution in [0.4, 0.5) is 0 Å². The first-order valence-electron chi connectivity index (χ1n) is 6.82. The maximum absolute atomic E-state index is 12.1. The molecule has 1 unspecified atom stereocenters. The second-order valence-electron chi connectivity index (χ2n) is 5.18. The number of methoxy groups -OCH3 is 1. The smallest absolute Gasteiger partial charge is 0.316 e. The molecule has 0 spiro atoms. The van der Waals surface area contributed by atoms with Gasteiger partial charge in [-0.1, -0.05) is 25.0 Å². The lowest BCUT2D eigenvalue weighted by Gasteiger charge is -2.18. The second-order valence-corrected chi connectivity index (χ2v) is 5.18. The maximum atomic E-state index is 12.1. The molecule has 1 atom stereocenters. The Morgan fingerprint density at radius 1 is 1.37 bits per heavy atom. The summed E-state index contributed by atoms with van der Waals surface area (Å²) < 4.78 is 4.98. The summed E-state index contributed by atoms with van der Waals surface area (Å²) in [6, 6.07) is 7.86. The van der Waals surface area contributed by atoms with Crippen LogP contribution in [-0.4, -0.2) is 23.0 Å². The zero-order valence-corrected chi connectivity index (χ0v) is 11.1. The number of benzene rings is 1. The molecule has 1 aliphatic rings. The standard InChI is InChI=1S/C15H18N2O2/c1-19-15(18)13(10-6-2-3-7-10)14-16-11-8-4-5-9-12(11)17-14/h4-5,8-10,13H,2-3,6-7H2,1H3,(H,16,17). The van der Waals surface area contributed by atoms with E-state index >= 15 is 0 Å². The Balaban J connectivity index is 2.00. The van der Waals surface area contributed by atoms with E-state index < -0.39 is 0 Å². The van der Waals surface area contributed by atoms with Gasteiger partial charge in [0, 0.05) is 0 Å². The van der Waals surface area contributed by atoms with Crippen LogP contribution in [0.1, 0.15) is 37.4 Å². The third-order valence-electron chi connectivity index (χ3n) is 4.03. The van der Waals surface area contributed by atoms with Crippen molar-refractivity contribution in [1.82, 2.24) is 9.97 Å². The van der Waals surface area contributed by atoms with Crippen LogP contribution >= 0.6 is 0 Å². The number of nitrogens with zero attached hydrogens (tertiary/aromatic N) is 1. The third kappa shape index (κ3) is 2.23. The van der Waals surface area contributed by atoms with Gasteiger partial charge in [-0.3, -0.25) is 4.79 Å². The van der Waals surface area contributed by atoms with E-state index in [0.29, 0.717) is 5.92 Å². The average molecular weight is 258 g/mol. The van der Waals surface area contributed by atoms with Gasteiger partial charge in [0.1, 0.15) is 11.7 Å². The number of H-pyrrole nitrogens is 1. The van der Waals surface area contributed by atoms with Gasteiger partial charge in [-0.25, -0.2) is 4.98 Å². The minimum Gasteiger partial charge on any atom is -0.468 e. The highest BCUT2D eigenvalue weighted by atomic mass is 16.5. The summed E-state index contributed by atoms with van der Waals surface area (Å²) in [5.74, 6) is 0.679. The van der Waals surface area contributed by atoms with Gasteiger partial charge in [0.15, 0.2) is 0 Å². The SMILES string of the molecule is COC(=O)C(c1nc2ccccc2[nH]1)C1CCCC1. The number of hydrogen-bond acceptors (Lipinski definition) is 3. The lowest BCUT2D eigenvalue weighted by Crippen LogP contribution is -2.22. The van der Waals surface area contributed by atoms with E-state index in [4.69, 9.17) is 4.74 Å². The van der Waals surface area contributed by atoms with Crippen LogP contribution < -0.4 is 0 Å². The van der Waals surface area contributed by atoms with E-state index in [9.17, 15) is 4.79 Å². The molecule has 0 radical (unpaired) electrons. The molecule has 0 amide bonds. The maximum Gasteiger partial charge on any atom is 0.316 e. The van der Waals surface area contributed by atoms with Crippen molar-refractivity contribution in [1.29, 1.82) is 0 Å². The molecular formula is C15H18N2O2. The quantitative estimate of drug-likeness (QED) is 0.861. The molecule has 3 rings (SSSR count). The average Bonchev–Trinajstić information content (AvgIpc) is 3.07. The highest BCUT2D eigenvalue weighted by molar-refractivity contribution is 5.80. The molecule has 1 aliphatic carbocycles. The van der Waals surface area contributed by atoms with Crippen LogP contribution in [0.5, 0.6) is 0 Å². The Labute approximate surface area is 112 Å². The van der Waals surface area contributed by atoms with E-state index in [2.05, 4.69) is 9.97 Å². The summed E-state index contributed by atoms with van der Waals surface area (Å²) in [5.41, 5.74) is 1.88. The summed E-state index contributed by atoms with van der Waals surface area (Å²) in [7, 11) is 1.45. The van der Waals surface area contributed by atoms with Gasteiger partial charge < -0.3 is 9.72 Å². The fraction of sp³-hybridized carbons (Fsp3) is 0.467. The molecule has 1 aromatic heterocycles. The summed E-state index contributed by atoms with van der Waals surface area (Å²) in [6.45, 7) is 0. The van der Waals surface area contributed by atoms with Crippen LogP contribution in [0.3, 0.4) is 0 Å². The zero-order chi connectivity index (χ0) is 13.2. The van der Waals surface area contributed by atoms with Crippen molar-refractivity contribution in [3.8, 4) is 0 Å². The molecule has 0 aliphatic heterocycles. The molecular weight excluding hydrogens is 240 g/mol. The molecule has 1 heterocycles. The van der Waals surface area contributed by atoms with Crippen LogP contribution in [0.15, 0.2) is 24.3 Å². The van der Waals surface area contributed by atoms with Crippen molar-refractivity contribution in [2.24, 2.45) is 5.92 Å². The minimum absolute atomic E-state index is 0.175. The van der Waals surface area contributed by atoms with Crippen LogP contribution in [-0.2, 0) is 9.53 Å². The van der Waals surface area contributed by atoms with Gasteiger partial charge in [0.05, 0.1) is 18.1 Å². The highest BCUT2D eigenvalue weighted by Gasteiger charge is 2.35. The van der Waals surface area contributed by atoms with Crippen molar-refractivity contribution in [3.63, 3.8) is 0 Å². The number of imidazole rings is 1. The minimum atomic E-state index is -0.250. The predicted octanol–water partition coefficient (Wildman–Crippen LogP) is 3.01. The number of rotatable bonds is 3. The summed E-state index contributed by atoms with van der Waals surface area (Å²) in [6.07, 6.45) is 4.55. The topological polar surface area (TPSA) is 55.0 Å². The molecule has 4 heteroatoms. The number of aromatic nitrogens is 2. The van der Waals surface area contributed by atoms with Gasteiger partial charge in [-0.15, -0.1) is 0 Å². The lowest BCUT2D eigenvalue weighted by molar-refractivity contribution is -0.144. The molecule has 100 valence electrons. The largest absolute Gasteiger partial charge is 0.468 e. The molecule has 1 N–H and O–H groups in total. The monoisotopic (exact) mass is 258 g/mol. The van der Waals surface area contributed by atoms with Crippen LogP contribution in [0.25, 0.3) is 11.0 Å². The number of carbonyl (C=O) groups is 1. The van der Waals surface area contributed by atoms with Gasteiger partial charge in [-0.05, 0) is 30.9 Å². The fourth-order valence-electron chi connectivity index (χ4n) is 3.06. The van der Waals surface area contributed by atoms with Gasteiger partial charge >= 0.3 is 5.97 Å². The Kier molecular flexibility index (Phi) is 3.23. The van der Waals surface area contributed by atoms with Crippen molar-refractivity contribution in [3.05, 3.63) is 30.1 Å². The Morgan fingerprint density at radius 2 is 2.11 bits per heavy atom. The van der Waals surface area contributed by atoms with Crippen LogP contribution in [0.2, 0.25) is 0 Å². The van der Waals surface area contributed by atoms with Crippen LogP contribution in [0, 0.1) is 5.92 Å². The number of hydrogen-bond donors (Lipinski definition) is 1. The number of aromatic amines is 1. The van der Waals surface area contributed by atoms with Crippen molar-refractivity contribution in [2.45, 2.75) is 31.6 Å². The summed E-state index contributed by atoms with van der Waals surface area (Å²) >= 11 is 0. The van der Waals surface area contributed by atoms with E-state index in [0.717, 1.165) is 29.7 Å². The molecule has 1 saturated carbocycles. The molecule has 19 heavy (non-hydrogen) atoms. The number of carbonyl (C=O) groups excluding carboxylic acids is 1. The molecule has 1 fully saturated rings. The lowest BCUT2D eigenvalue weighted by atomic mass is 9.90. The zero-order valence-electron chi connectivity index (χ0n) is 11.1. The summed E-state index contributed by atoms with van der Waals surface area (Å²) in [4.78, 5) is 19.9. The first kappa shape index (κ1) is 12.2. The normalized spacial score (nSPS) is 17.7. The Hall–Kier alpha value is -1.84. The number of ether oxygens (including phenoxy) is 1. The molecule has 1 aromatic carbocycles. The third-order valence-corrected chi connectivity index (χ3v) is 4.03. The van der Waals surface area contributed by atoms with Crippen molar-refractivity contribution in [2.75, 3.05) is 7.11 Å². The van der Waals surface area contributed by atoms with E-state index in [-0.39, 0.29) is 11.9 Å². The first-order valence-corrected chi connectivity index (χ1v) is 6.82. The number of para-hydroxylation sites is 2. The van der Waals surface area contributed by atoms with Gasteiger partial charge in [-0.2, -0.15) is 0 Å². The highest BCUT2D eigenvalue weighted by Crippen LogP contribution is 2.37. The van der Waals surface area contributed by atoms with Gasteiger partial charge in [0.25, 0.3) is 0 Å². The number of nitrogens with one attached hydrogen (secondary N) is 1. The Bertz CT molecular complexity index is 552. The van der Waals surface area contributed by atoms with E-state index in [1.165, 1.54) is 20.0 Å².